The Kier molecular flexibility index (Phi) is 7.92. The van der Waals surface area contributed by atoms with Crippen LogP contribution in [0.2, 0.25) is 0 Å². The number of hydrogen-bond acceptors (Lipinski definition) is 3. The van der Waals surface area contributed by atoms with E-state index in [0.717, 1.165) is 62.0 Å². The van der Waals surface area contributed by atoms with E-state index < -0.39 is 0 Å². The summed E-state index contributed by atoms with van der Waals surface area (Å²) in [5.41, 5.74) is 13.3. The lowest BCUT2D eigenvalue weighted by Crippen LogP contribution is -2.30. The van der Waals surface area contributed by atoms with Crippen LogP contribution in [0.5, 0.6) is 0 Å². The van der Waals surface area contributed by atoms with E-state index in [4.69, 9.17) is 9.40 Å². The SMILES string of the molecule is C1=CC(N(c2ccc(-c3ccc4ccc5oc(-c6ccccc6)nc5c4c3)cc2)c2ccc3c(c2)c2ccccc2n3-c2ccccc2)CC=C1c1ccccc1. The minimum Gasteiger partial charge on any atom is -0.436 e. The fraction of sp³-hybridized carbons (Fsp3) is 0.0377. The molecular weight excluding hydrogens is 695 g/mol. The third kappa shape index (κ3) is 5.82. The van der Waals surface area contributed by atoms with Crippen molar-refractivity contribution < 1.29 is 4.42 Å². The van der Waals surface area contributed by atoms with Crippen LogP contribution < -0.4 is 4.90 Å². The summed E-state index contributed by atoms with van der Waals surface area (Å²) < 4.78 is 8.60. The third-order valence-corrected chi connectivity index (χ3v) is 11.3. The molecule has 11 rings (SSSR count). The van der Waals surface area contributed by atoms with Crippen LogP contribution in [0.4, 0.5) is 11.4 Å². The van der Waals surface area contributed by atoms with E-state index in [9.17, 15) is 0 Å². The number of nitrogens with zero attached hydrogens (tertiary/aromatic N) is 3. The summed E-state index contributed by atoms with van der Waals surface area (Å²) in [6.45, 7) is 0. The summed E-state index contributed by atoms with van der Waals surface area (Å²) in [5.74, 6) is 0.637. The minimum absolute atomic E-state index is 0.128. The Morgan fingerprint density at radius 1 is 0.526 bits per heavy atom. The van der Waals surface area contributed by atoms with Gasteiger partial charge < -0.3 is 13.9 Å². The molecule has 4 heteroatoms. The van der Waals surface area contributed by atoms with Gasteiger partial charge in [-0.3, -0.25) is 0 Å². The molecule has 2 heterocycles. The number of fused-ring (bicyclic) bond motifs is 6. The van der Waals surface area contributed by atoms with Gasteiger partial charge in [0.05, 0.1) is 17.1 Å². The number of para-hydroxylation sites is 2. The topological polar surface area (TPSA) is 34.2 Å². The summed E-state index contributed by atoms with van der Waals surface area (Å²) in [6.07, 6.45) is 7.91. The Bertz CT molecular complexity index is 3140. The van der Waals surface area contributed by atoms with E-state index in [1.807, 2.05) is 36.4 Å². The molecule has 0 amide bonds. The van der Waals surface area contributed by atoms with E-state index in [0.29, 0.717) is 5.89 Å². The smallest absolute Gasteiger partial charge is 0.227 e. The number of allylic oxidation sites excluding steroid dienone is 2. The zero-order chi connectivity index (χ0) is 37.7. The lowest BCUT2D eigenvalue weighted by atomic mass is 9.95. The van der Waals surface area contributed by atoms with Crippen molar-refractivity contribution in [2.75, 3.05) is 4.90 Å². The molecule has 0 spiro atoms. The Balaban J connectivity index is 1.000. The summed E-state index contributed by atoms with van der Waals surface area (Å²) >= 11 is 0. The molecular formula is C53H37N3O. The van der Waals surface area contributed by atoms with Crippen LogP contribution in [-0.4, -0.2) is 15.6 Å². The van der Waals surface area contributed by atoms with Crippen molar-refractivity contribution in [1.82, 2.24) is 9.55 Å². The maximum atomic E-state index is 6.23. The molecule has 8 aromatic carbocycles. The van der Waals surface area contributed by atoms with Crippen molar-refractivity contribution in [1.29, 1.82) is 0 Å². The molecule has 0 saturated carbocycles. The average Bonchev–Trinajstić information content (AvgIpc) is 3.88. The van der Waals surface area contributed by atoms with Gasteiger partial charge in [-0.2, -0.15) is 0 Å². The molecule has 0 fully saturated rings. The van der Waals surface area contributed by atoms with Gasteiger partial charge in [0.1, 0.15) is 5.52 Å². The van der Waals surface area contributed by atoms with Gasteiger partial charge in [0.25, 0.3) is 0 Å². The molecule has 0 saturated heterocycles. The first-order valence-electron chi connectivity index (χ1n) is 19.6. The third-order valence-electron chi connectivity index (χ3n) is 11.3. The van der Waals surface area contributed by atoms with E-state index in [1.165, 1.54) is 32.9 Å². The molecule has 270 valence electrons. The van der Waals surface area contributed by atoms with E-state index in [1.54, 1.807) is 0 Å². The summed E-state index contributed by atoms with van der Waals surface area (Å²) in [5, 5.41) is 4.70. The highest BCUT2D eigenvalue weighted by atomic mass is 16.3. The normalized spacial score (nSPS) is 14.1. The van der Waals surface area contributed by atoms with Gasteiger partial charge in [-0.25, -0.2) is 4.98 Å². The highest BCUT2D eigenvalue weighted by Crippen LogP contribution is 2.40. The van der Waals surface area contributed by atoms with E-state index in [2.05, 4.69) is 179 Å². The molecule has 0 N–H and O–H groups in total. The Labute approximate surface area is 330 Å². The van der Waals surface area contributed by atoms with Crippen LogP contribution in [0.3, 0.4) is 0 Å². The fourth-order valence-corrected chi connectivity index (χ4v) is 8.55. The second kappa shape index (κ2) is 13.7. The first-order chi connectivity index (χ1) is 28.2. The minimum atomic E-state index is 0.128. The van der Waals surface area contributed by atoms with Crippen molar-refractivity contribution in [3.63, 3.8) is 0 Å². The highest BCUT2D eigenvalue weighted by Gasteiger charge is 2.23. The molecule has 1 aliphatic carbocycles. The second-order valence-electron chi connectivity index (χ2n) is 14.7. The summed E-state index contributed by atoms with van der Waals surface area (Å²) in [4.78, 5) is 7.46. The number of hydrogen-bond donors (Lipinski definition) is 0. The predicted molar refractivity (Wildman–Crippen MR) is 237 cm³/mol. The summed E-state index contributed by atoms with van der Waals surface area (Å²) in [6, 6.07) is 67.1. The predicted octanol–water partition coefficient (Wildman–Crippen LogP) is 14.0. The van der Waals surface area contributed by atoms with Gasteiger partial charge in [-0.1, -0.05) is 133 Å². The summed E-state index contributed by atoms with van der Waals surface area (Å²) in [7, 11) is 0. The number of rotatable bonds is 7. The number of oxazole rings is 1. The standard InChI is InChI=1S/C53H37N3O/c1-4-12-36(13-5-1)37-22-27-43(28-23-37)55(45-31-32-50-48(35-45)46-18-10-11-19-49(46)56(50)42-16-8-3-9-17-42)44-29-24-38(25-30-44)41-21-20-39-26-33-51-52(47(39)34-41)54-53(57-51)40-14-6-2-7-15-40/h1-27,29-35,43H,28H2. The maximum Gasteiger partial charge on any atom is 0.227 e. The second-order valence-corrected chi connectivity index (χ2v) is 14.7. The van der Waals surface area contributed by atoms with Crippen LogP contribution in [0.15, 0.2) is 211 Å². The molecule has 10 aromatic rings. The number of benzene rings is 8. The van der Waals surface area contributed by atoms with Crippen molar-refractivity contribution in [2.24, 2.45) is 0 Å². The fourth-order valence-electron chi connectivity index (χ4n) is 8.55. The zero-order valence-electron chi connectivity index (χ0n) is 31.2. The molecule has 57 heavy (non-hydrogen) atoms. The van der Waals surface area contributed by atoms with Crippen molar-refractivity contribution in [3.05, 3.63) is 212 Å². The maximum absolute atomic E-state index is 6.23. The molecule has 1 unspecified atom stereocenters. The molecule has 1 atom stereocenters. The van der Waals surface area contributed by atoms with Gasteiger partial charge in [0.2, 0.25) is 5.89 Å². The van der Waals surface area contributed by atoms with Gasteiger partial charge in [0.15, 0.2) is 5.58 Å². The quantitative estimate of drug-likeness (QED) is 0.164. The van der Waals surface area contributed by atoms with Crippen molar-refractivity contribution in [3.8, 4) is 28.3 Å². The lowest BCUT2D eigenvalue weighted by Gasteiger charge is -2.33. The number of aromatic nitrogens is 2. The van der Waals surface area contributed by atoms with Crippen LogP contribution in [0.1, 0.15) is 12.0 Å². The lowest BCUT2D eigenvalue weighted by molar-refractivity contribution is 0.620. The van der Waals surface area contributed by atoms with Gasteiger partial charge in [-0.15, -0.1) is 0 Å². The van der Waals surface area contributed by atoms with E-state index in [-0.39, 0.29) is 6.04 Å². The van der Waals surface area contributed by atoms with Gasteiger partial charge in [-0.05, 0) is 107 Å². The molecule has 0 radical (unpaired) electrons. The molecule has 1 aliphatic rings. The Morgan fingerprint density at radius 2 is 1.19 bits per heavy atom. The van der Waals surface area contributed by atoms with Crippen molar-refractivity contribution >= 4 is 60.6 Å². The number of anilines is 2. The van der Waals surface area contributed by atoms with Crippen LogP contribution >= 0.6 is 0 Å². The van der Waals surface area contributed by atoms with Crippen LogP contribution in [0, 0.1) is 0 Å². The highest BCUT2D eigenvalue weighted by molar-refractivity contribution is 6.10. The van der Waals surface area contributed by atoms with Crippen LogP contribution in [0.25, 0.3) is 77.5 Å². The first-order valence-corrected chi connectivity index (χ1v) is 19.6. The first kappa shape index (κ1) is 33.0. The van der Waals surface area contributed by atoms with Gasteiger partial charge >= 0.3 is 0 Å². The Hall–Kier alpha value is -7.43. The Morgan fingerprint density at radius 3 is 1.96 bits per heavy atom. The monoisotopic (exact) mass is 731 g/mol. The van der Waals surface area contributed by atoms with Crippen molar-refractivity contribution in [2.45, 2.75) is 12.5 Å². The van der Waals surface area contributed by atoms with E-state index >= 15 is 0 Å². The molecule has 2 aromatic heterocycles. The van der Waals surface area contributed by atoms with Crippen LogP contribution in [-0.2, 0) is 0 Å². The zero-order valence-corrected chi connectivity index (χ0v) is 31.2. The average molecular weight is 732 g/mol. The molecule has 4 nitrogen and oxygen atoms in total. The molecule has 0 bridgehead atoms. The molecule has 0 aliphatic heterocycles. The largest absolute Gasteiger partial charge is 0.436 e. The van der Waals surface area contributed by atoms with Gasteiger partial charge in [0, 0.05) is 38.8 Å².